The smallest absolute Gasteiger partial charge is 0.308 e. The summed E-state index contributed by atoms with van der Waals surface area (Å²) in [5.74, 6) is -0.567. The minimum absolute atomic E-state index is 0.283. The first kappa shape index (κ1) is 11.5. The number of carboxylic acid groups (broad SMARTS) is 1. The highest BCUT2D eigenvalue weighted by Crippen LogP contribution is 2.26. The predicted octanol–water partition coefficient (Wildman–Crippen LogP) is 2.30. The van der Waals surface area contributed by atoms with Crippen LogP contribution >= 0.6 is 0 Å². The maximum absolute atomic E-state index is 10.6. The molecule has 1 fully saturated rings. The van der Waals surface area contributed by atoms with Crippen LogP contribution in [-0.4, -0.2) is 23.8 Å². The quantitative estimate of drug-likeness (QED) is 0.757. The van der Waals surface area contributed by atoms with Crippen LogP contribution in [0.5, 0.6) is 0 Å². The van der Waals surface area contributed by atoms with Crippen LogP contribution in [0.2, 0.25) is 0 Å². The minimum Gasteiger partial charge on any atom is -0.481 e. The van der Waals surface area contributed by atoms with Crippen molar-refractivity contribution < 1.29 is 14.6 Å². The normalized spacial score (nSPS) is 29.9. The van der Waals surface area contributed by atoms with Gasteiger partial charge in [0.1, 0.15) is 0 Å². The molecule has 3 atom stereocenters. The number of carboxylic acids is 1. The molecule has 3 nitrogen and oxygen atoms in total. The molecule has 3 heteroatoms. The van der Waals surface area contributed by atoms with E-state index >= 15 is 0 Å². The van der Waals surface area contributed by atoms with Gasteiger partial charge in [0.2, 0.25) is 0 Å². The van der Waals surface area contributed by atoms with E-state index in [2.05, 4.69) is 6.92 Å². The lowest BCUT2D eigenvalue weighted by Gasteiger charge is -2.29. The van der Waals surface area contributed by atoms with E-state index in [4.69, 9.17) is 9.84 Å². The van der Waals surface area contributed by atoms with Gasteiger partial charge in [0.25, 0.3) is 0 Å². The van der Waals surface area contributed by atoms with Gasteiger partial charge in [0, 0.05) is 0 Å². The zero-order valence-electron chi connectivity index (χ0n) is 9.03. The van der Waals surface area contributed by atoms with Gasteiger partial charge in [-0.2, -0.15) is 0 Å². The van der Waals surface area contributed by atoms with E-state index in [1.165, 1.54) is 19.3 Å². The van der Waals surface area contributed by atoms with Gasteiger partial charge in [0.05, 0.1) is 18.6 Å². The van der Waals surface area contributed by atoms with Crippen LogP contribution in [0.4, 0.5) is 0 Å². The monoisotopic (exact) mass is 200 g/mol. The Morgan fingerprint density at radius 1 is 1.50 bits per heavy atom. The van der Waals surface area contributed by atoms with E-state index in [1.807, 2.05) is 0 Å². The lowest BCUT2D eigenvalue weighted by atomic mass is 9.88. The summed E-state index contributed by atoms with van der Waals surface area (Å²) in [6.45, 7) is 4.23. The van der Waals surface area contributed by atoms with Crippen molar-refractivity contribution >= 4 is 5.97 Å². The topological polar surface area (TPSA) is 46.5 Å². The van der Waals surface area contributed by atoms with Crippen molar-refractivity contribution in [3.05, 3.63) is 0 Å². The van der Waals surface area contributed by atoms with Crippen LogP contribution in [-0.2, 0) is 9.53 Å². The third-order valence-corrected chi connectivity index (χ3v) is 3.01. The number of hydrogen-bond acceptors (Lipinski definition) is 2. The van der Waals surface area contributed by atoms with Crippen molar-refractivity contribution in [3.63, 3.8) is 0 Å². The highest BCUT2D eigenvalue weighted by atomic mass is 16.5. The van der Waals surface area contributed by atoms with Gasteiger partial charge < -0.3 is 9.84 Å². The zero-order valence-corrected chi connectivity index (χ0v) is 9.03. The largest absolute Gasteiger partial charge is 0.481 e. The van der Waals surface area contributed by atoms with Crippen LogP contribution in [0.3, 0.4) is 0 Å². The van der Waals surface area contributed by atoms with Gasteiger partial charge in [-0.15, -0.1) is 0 Å². The first-order valence-corrected chi connectivity index (χ1v) is 5.45. The molecule has 1 aliphatic carbocycles. The van der Waals surface area contributed by atoms with E-state index in [9.17, 15) is 4.79 Å². The van der Waals surface area contributed by atoms with Gasteiger partial charge in [-0.1, -0.05) is 19.8 Å². The molecule has 0 amide bonds. The number of hydrogen-bond donors (Lipinski definition) is 1. The summed E-state index contributed by atoms with van der Waals surface area (Å²) in [5.41, 5.74) is 0. The third kappa shape index (κ3) is 3.29. The zero-order chi connectivity index (χ0) is 10.6. The van der Waals surface area contributed by atoms with Crippen molar-refractivity contribution in [2.45, 2.75) is 45.6 Å². The third-order valence-electron chi connectivity index (χ3n) is 3.01. The maximum Gasteiger partial charge on any atom is 0.308 e. The molecule has 0 aromatic carbocycles. The van der Waals surface area contributed by atoms with Gasteiger partial charge in [0.15, 0.2) is 0 Å². The fraction of sp³-hybridized carbons (Fsp3) is 0.909. The molecule has 0 bridgehead atoms. The molecule has 1 saturated carbocycles. The van der Waals surface area contributed by atoms with Crippen molar-refractivity contribution in [1.82, 2.24) is 0 Å². The predicted molar refractivity (Wildman–Crippen MR) is 54.2 cm³/mol. The molecule has 1 aliphatic rings. The standard InChI is InChI=1S/C11H20O3/c1-8-5-3-4-6-10(8)14-7-9(2)11(12)13/h8-10H,3-7H2,1-2H3,(H,12,13). The van der Waals surface area contributed by atoms with Gasteiger partial charge in [-0.3, -0.25) is 4.79 Å². The Labute approximate surface area is 85.5 Å². The molecule has 3 unspecified atom stereocenters. The molecule has 82 valence electrons. The van der Waals surface area contributed by atoms with Gasteiger partial charge in [-0.05, 0) is 25.7 Å². The Balaban J connectivity index is 2.25. The SMILES string of the molecule is CC(COC1CCCCC1C)C(=O)O. The molecule has 1 rings (SSSR count). The van der Waals surface area contributed by atoms with Crippen molar-refractivity contribution in [2.75, 3.05) is 6.61 Å². The summed E-state index contributed by atoms with van der Waals surface area (Å²) < 4.78 is 5.64. The Kier molecular flexibility index (Phi) is 4.39. The number of rotatable bonds is 4. The summed E-state index contributed by atoms with van der Waals surface area (Å²) in [7, 11) is 0. The second-order valence-electron chi connectivity index (χ2n) is 4.37. The lowest BCUT2D eigenvalue weighted by Crippen LogP contribution is -2.29. The molecule has 0 spiro atoms. The Morgan fingerprint density at radius 2 is 2.14 bits per heavy atom. The van der Waals surface area contributed by atoms with Crippen LogP contribution < -0.4 is 0 Å². The van der Waals surface area contributed by atoms with Crippen LogP contribution in [0, 0.1) is 11.8 Å². The summed E-state index contributed by atoms with van der Waals surface area (Å²) in [5, 5.41) is 8.70. The molecule has 0 aliphatic heterocycles. The Hall–Kier alpha value is -0.570. The minimum atomic E-state index is -0.770. The van der Waals surface area contributed by atoms with Crippen molar-refractivity contribution in [3.8, 4) is 0 Å². The van der Waals surface area contributed by atoms with Crippen LogP contribution in [0.25, 0.3) is 0 Å². The lowest BCUT2D eigenvalue weighted by molar-refractivity contribution is -0.144. The number of aliphatic carboxylic acids is 1. The molecular weight excluding hydrogens is 180 g/mol. The molecule has 0 radical (unpaired) electrons. The first-order chi connectivity index (χ1) is 6.61. The fourth-order valence-electron chi connectivity index (χ4n) is 1.87. The van der Waals surface area contributed by atoms with Crippen molar-refractivity contribution in [1.29, 1.82) is 0 Å². The first-order valence-electron chi connectivity index (χ1n) is 5.45. The van der Waals surface area contributed by atoms with Gasteiger partial charge in [-0.25, -0.2) is 0 Å². The van der Waals surface area contributed by atoms with Crippen LogP contribution in [0.15, 0.2) is 0 Å². The number of ether oxygens (including phenoxy) is 1. The second kappa shape index (κ2) is 5.35. The molecule has 14 heavy (non-hydrogen) atoms. The fourth-order valence-corrected chi connectivity index (χ4v) is 1.87. The second-order valence-corrected chi connectivity index (χ2v) is 4.37. The van der Waals surface area contributed by atoms with E-state index in [0.717, 1.165) is 6.42 Å². The highest BCUT2D eigenvalue weighted by molar-refractivity contribution is 5.69. The summed E-state index contributed by atoms with van der Waals surface area (Å²) in [4.78, 5) is 10.6. The Bertz CT molecular complexity index is 191. The molecule has 0 heterocycles. The molecule has 0 aromatic heterocycles. The highest BCUT2D eigenvalue weighted by Gasteiger charge is 2.23. The van der Waals surface area contributed by atoms with E-state index in [-0.39, 0.29) is 12.0 Å². The van der Waals surface area contributed by atoms with Gasteiger partial charge >= 0.3 is 5.97 Å². The number of carbonyl (C=O) groups is 1. The summed E-state index contributed by atoms with van der Waals surface area (Å²) >= 11 is 0. The molecule has 0 saturated heterocycles. The molecule has 0 aromatic rings. The molecule has 1 N–H and O–H groups in total. The molecular formula is C11H20O3. The maximum atomic E-state index is 10.6. The van der Waals surface area contributed by atoms with Crippen LogP contribution in [0.1, 0.15) is 39.5 Å². The summed E-state index contributed by atoms with van der Waals surface area (Å²) in [6, 6.07) is 0. The van der Waals surface area contributed by atoms with E-state index in [0.29, 0.717) is 12.5 Å². The van der Waals surface area contributed by atoms with E-state index < -0.39 is 5.97 Å². The average molecular weight is 200 g/mol. The summed E-state index contributed by atoms with van der Waals surface area (Å²) in [6.07, 6.45) is 5.09. The Morgan fingerprint density at radius 3 is 2.71 bits per heavy atom. The van der Waals surface area contributed by atoms with E-state index in [1.54, 1.807) is 6.92 Å². The van der Waals surface area contributed by atoms with Crippen molar-refractivity contribution in [2.24, 2.45) is 11.8 Å². The average Bonchev–Trinajstić information content (AvgIpc) is 2.16.